The highest BCUT2D eigenvalue weighted by molar-refractivity contribution is 5.79. The number of rotatable bonds is 2. The van der Waals surface area contributed by atoms with Crippen LogP contribution in [0, 0.1) is 0 Å². The Labute approximate surface area is 105 Å². The summed E-state index contributed by atoms with van der Waals surface area (Å²) in [5.74, 6) is 0. The van der Waals surface area contributed by atoms with Crippen molar-refractivity contribution in [3.63, 3.8) is 0 Å². The van der Waals surface area contributed by atoms with Crippen LogP contribution in [0.3, 0.4) is 0 Å². The Kier molecular flexibility index (Phi) is 2.50. The number of hydrogen-bond donors (Lipinski definition) is 1. The molecule has 4 heteroatoms. The SMILES string of the molecule is Cn1c(=O)c(C2(CN)COC2)cc2ccccc21. The van der Waals surface area contributed by atoms with Crippen molar-refractivity contribution in [2.45, 2.75) is 5.41 Å². The summed E-state index contributed by atoms with van der Waals surface area (Å²) in [6.45, 7) is 1.52. The van der Waals surface area contributed by atoms with Crippen molar-refractivity contribution in [3.05, 3.63) is 46.2 Å². The summed E-state index contributed by atoms with van der Waals surface area (Å²) < 4.78 is 6.96. The predicted octanol–water partition coefficient (Wildman–Crippen LogP) is 0.765. The third-order valence-electron chi connectivity index (χ3n) is 3.85. The van der Waals surface area contributed by atoms with Crippen LogP contribution >= 0.6 is 0 Å². The Balaban J connectivity index is 2.31. The minimum Gasteiger partial charge on any atom is -0.379 e. The Bertz CT molecular complexity index is 651. The van der Waals surface area contributed by atoms with E-state index in [1.807, 2.05) is 30.3 Å². The highest BCUT2D eigenvalue weighted by atomic mass is 16.5. The van der Waals surface area contributed by atoms with Gasteiger partial charge in [-0.25, -0.2) is 0 Å². The molecule has 4 nitrogen and oxygen atoms in total. The van der Waals surface area contributed by atoms with E-state index in [1.54, 1.807) is 11.6 Å². The first-order valence-electron chi connectivity index (χ1n) is 6.05. The summed E-state index contributed by atoms with van der Waals surface area (Å²) in [6.07, 6.45) is 0. The lowest BCUT2D eigenvalue weighted by Crippen LogP contribution is -2.55. The number of nitrogens with two attached hydrogens (primary N) is 1. The van der Waals surface area contributed by atoms with Crippen molar-refractivity contribution in [1.82, 2.24) is 4.57 Å². The number of nitrogens with zero attached hydrogens (tertiary/aromatic N) is 1. The van der Waals surface area contributed by atoms with Crippen LogP contribution in [0.4, 0.5) is 0 Å². The molecule has 94 valence electrons. The molecule has 0 unspecified atom stereocenters. The van der Waals surface area contributed by atoms with Crippen LogP contribution in [-0.2, 0) is 17.2 Å². The number of fused-ring (bicyclic) bond motifs is 1. The fourth-order valence-electron chi connectivity index (χ4n) is 2.53. The zero-order valence-corrected chi connectivity index (χ0v) is 10.3. The fraction of sp³-hybridized carbons (Fsp3) is 0.357. The molecule has 0 radical (unpaired) electrons. The monoisotopic (exact) mass is 244 g/mol. The minimum atomic E-state index is -0.293. The number of aryl methyl sites for hydroxylation is 1. The normalized spacial score (nSPS) is 17.7. The first-order chi connectivity index (χ1) is 8.68. The standard InChI is InChI=1S/C14H16N2O2/c1-16-12-5-3-2-4-10(12)6-11(13(16)17)14(7-15)8-18-9-14/h2-6H,7-9,15H2,1H3. The van der Waals surface area contributed by atoms with Crippen molar-refractivity contribution in [2.24, 2.45) is 12.8 Å². The summed E-state index contributed by atoms with van der Waals surface area (Å²) >= 11 is 0. The van der Waals surface area contributed by atoms with E-state index in [1.165, 1.54) is 0 Å². The summed E-state index contributed by atoms with van der Waals surface area (Å²) in [6, 6.07) is 9.84. The molecule has 1 saturated heterocycles. The van der Waals surface area contributed by atoms with Gasteiger partial charge in [0.25, 0.3) is 5.56 Å². The third-order valence-corrected chi connectivity index (χ3v) is 3.85. The number of hydrogen-bond acceptors (Lipinski definition) is 3. The minimum absolute atomic E-state index is 0.0300. The van der Waals surface area contributed by atoms with E-state index in [0.29, 0.717) is 19.8 Å². The van der Waals surface area contributed by atoms with Crippen LogP contribution < -0.4 is 11.3 Å². The summed E-state index contributed by atoms with van der Waals surface area (Å²) in [4.78, 5) is 12.4. The van der Waals surface area contributed by atoms with Gasteiger partial charge in [-0.3, -0.25) is 4.79 Å². The van der Waals surface area contributed by atoms with Crippen LogP contribution in [0.1, 0.15) is 5.56 Å². The number of ether oxygens (including phenoxy) is 1. The van der Waals surface area contributed by atoms with Gasteiger partial charge in [0.15, 0.2) is 0 Å². The molecule has 0 amide bonds. The highest BCUT2D eigenvalue weighted by Crippen LogP contribution is 2.30. The van der Waals surface area contributed by atoms with Gasteiger partial charge in [0.05, 0.1) is 24.1 Å². The third kappa shape index (κ3) is 1.43. The summed E-state index contributed by atoms with van der Waals surface area (Å²) in [5, 5.41) is 1.06. The van der Waals surface area contributed by atoms with Gasteiger partial charge >= 0.3 is 0 Å². The van der Waals surface area contributed by atoms with Crippen LogP contribution in [0.15, 0.2) is 35.1 Å². The molecule has 0 spiro atoms. The molecule has 1 fully saturated rings. The molecule has 0 saturated carbocycles. The average Bonchev–Trinajstić information content (AvgIpc) is 2.35. The van der Waals surface area contributed by atoms with Crippen molar-refractivity contribution in [1.29, 1.82) is 0 Å². The van der Waals surface area contributed by atoms with Crippen LogP contribution in [0.2, 0.25) is 0 Å². The molecule has 0 aliphatic carbocycles. The average molecular weight is 244 g/mol. The maximum atomic E-state index is 12.4. The van der Waals surface area contributed by atoms with Gasteiger partial charge in [-0.15, -0.1) is 0 Å². The Morgan fingerprint density at radius 3 is 2.72 bits per heavy atom. The van der Waals surface area contributed by atoms with E-state index in [4.69, 9.17) is 10.5 Å². The van der Waals surface area contributed by atoms with Gasteiger partial charge in [-0.05, 0) is 17.5 Å². The molecule has 1 aliphatic heterocycles. The van der Waals surface area contributed by atoms with E-state index in [2.05, 4.69) is 0 Å². The lowest BCUT2D eigenvalue weighted by molar-refractivity contribution is -0.0557. The molecule has 2 aromatic rings. The molecule has 18 heavy (non-hydrogen) atoms. The zero-order valence-electron chi connectivity index (χ0n) is 10.3. The van der Waals surface area contributed by atoms with Crippen molar-refractivity contribution >= 4 is 10.9 Å². The van der Waals surface area contributed by atoms with E-state index in [-0.39, 0.29) is 11.0 Å². The molecule has 1 aromatic heterocycles. The van der Waals surface area contributed by atoms with Crippen LogP contribution in [-0.4, -0.2) is 24.3 Å². The molecule has 3 rings (SSSR count). The van der Waals surface area contributed by atoms with Gasteiger partial charge in [0, 0.05) is 19.2 Å². The maximum absolute atomic E-state index is 12.4. The quantitative estimate of drug-likeness (QED) is 0.848. The predicted molar refractivity (Wildman–Crippen MR) is 70.7 cm³/mol. The zero-order chi connectivity index (χ0) is 12.8. The Hall–Kier alpha value is -1.65. The van der Waals surface area contributed by atoms with Crippen molar-refractivity contribution in [3.8, 4) is 0 Å². The first-order valence-corrected chi connectivity index (χ1v) is 6.05. The second kappa shape index (κ2) is 3.93. The fourth-order valence-corrected chi connectivity index (χ4v) is 2.53. The Morgan fingerprint density at radius 2 is 2.11 bits per heavy atom. The topological polar surface area (TPSA) is 57.2 Å². The van der Waals surface area contributed by atoms with Gasteiger partial charge in [-0.1, -0.05) is 18.2 Å². The van der Waals surface area contributed by atoms with Crippen LogP contribution in [0.5, 0.6) is 0 Å². The van der Waals surface area contributed by atoms with Gasteiger partial charge in [0.2, 0.25) is 0 Å². The van der Waals surface area contributed by atoms with Crippen molar-refractivity contribution in [2.75, 3.05) is 19.8 Å². The number of aromatic nitrogens is 1. The number of benzene rings is 1. The van der Waals surface area contributed by atoms with E-state index in [9.17, 15) is 4.79 Å². The number of para-hydroxylation sites is 1. The van der Waals surface area contributed by atoms with E-state index < -0.39 is 0 Å². The largest absolute Gasteiger partial charge is 0.379 e. The van der Waals surface area contributed by atoms with Gasteiger partial charge < -0.3 is 15.0 Å². The molecular weight excluding hydrogens is 228 g/mol. The molecule has 2 N–H and O–H groups in total. The molecule has 1 aromatic carbocycles. The van der Waals surface area contributed by atoms with Crippen molar-refractivity contribution < 1.29 is 4.74 Å². The van der Waals surface area contributed by atoms with Crippen LogP contribution in [0.25, 0.3) is 10.9 Å². The molecule has 2 heterocycles. The molecule has 0 atom stereocenters. The lowest BCUT2D eigenvalue weighted by atomic mass is 9.79. The second-order valence-corrected chi connectivity index (χ2v) is 4.96. The van der Waals surface area contributed by atoms with E-state index in [0.717, 1.165) is 16.5 Å². The summed E-state index contributed by atoms with van der Waals surface area (Å²) in [7, 11) is 1.80. The number of pyridine rings is 1. The highest BCUT2D eigenvalue weighted by Gasteiger charge is 2.41. The smallest absolute Gasteiger partial charge is 0.254 e. The molecular formula is C14H16N2O2. The van der Waals surface area contributed by atoms with Gasteiger partial charge in [0.1, 0.15) is 0 Å². The first kappa shape index (κ1) is 11.4. The van der Waals surface area contributed by atoms with Gasteiger partial charge in [-0.2, -0.15) is 0 Å². The molecule has 1 aliphatic rings. The second-order valence-electron chi connectivity index (χ2n) is 4.96. The Morgan fingerprint density at radius 1 is 1.39 bits per heavy atom. The molecule has 0 bridgehead atoms. The summed E-state index contributed by atoms with van der Waals surface area (Å²) in [5.41, 5.74) is 7.29. The van der Waals surface area contributed by atoms with E-state index >= 15 is 0 Å². The lowest BCUT2D eigenvalue weighted by Gasteiger charge is -2.40. The maximum Gasteiger partial charge on any atom is 0.254 e.